The highest BCUT2D eigenvalue weighted by molar-refractivity contribution is 7.10. The van der Waals surface area contributed by atoms with Gasteiger partial charge in [-0.25, -0.2) is 4.98 Å². The lowest BCUT2D eigenvalue weighted by Crippen LogP contribution is -2.30. The van der Waals surface area contributed by atoms with Gasteiger partial charge in [-0.1, -0.05) is 13.8 Å². The second-order valence-electron chi connectivity index (χ2n) is 5.61. The number of anilines is 1. The zero-order chi connectivity index (χ0) is 14.1. The second kappa shape index (κ2) is 5.54. The molecule has 2 aromatic heterocycles. The third kappa shape index (κ3) is 2.58. The van der Waals surface area contributed by atoms with E-state index in [1.807, 2.05) is 23.5 Å². The predicted octanol–water partition coefficient (Wildman–Crippen LogP) is 3.32. The van der Waals surface area contributed by atoms with Crippen LogP contribution in [0.25, 0.3) is 0 Å². The number of nitrogens with zero attached hydrogens (tertiary/aromatic N) is 2. The van der Waals surface area contributed by atoms with E-state index >= 15 is 0 Å². The Morgan fingerprint density at radius 3 is 3.00 bits per heavy atom. The summed E-state index contributed by atoms with van der Waals surface area (Å²) in [4.78, 5) is 8.60. The number of aromatic nitrogens is 1. The molecule has 0 bridgehead atoms. The third-order valence-electron chi connectivity index (χ3n) is 3.80. The molecule has 3 rings (SSSR count). The minimum absolute atomic E-state index is 0.0762. The summed E-state index contributed by atoms with van der Waals surface area (Å²) in [5.41, 5.74) is 3.43. The predicted molar refractivity (Wildman–Crippen MR) is 83.3 cm³/mol. The van der Waals surface area contributed by atoms with E-state index in [2.05, 4.69) is 30.2 Å². The molecule has 3 nitrogen and oxygen atoms in total. The fourth-order valence-electron chi connectivity index (χ4n) is 2.59. The van der Waals surface area contributed by atoms with Crippen molar-refractivity contribution >= 4 is 17.2 Å². The first-order valence-electron chi connectivity index (χ1n) is 7.09. The van der Waals surface area contributed by atoms with Gasteiger partial charge in [0.15, 0.2) is 0 Å². The van der Waals surface area contributed by atoms with Crippen molar-refractivity contribution in [1.82, 2.24) is 4.98 Å². The highest BCUT2D eigenvalue weighted by Crippen LogP contribution is 2.28. The highest BCUT2D eigenvalue weighted by Gasteiger charge is 2.19. The number of thiophene rings is 1. The number of hydrogen-bond donors (Lipinski definition) is 1. The molecule has 0 atom stereocenters. The van der Waals surface area contributed by atoms with Crippen LogP contribution in [0.3, 0.4) is 0 Å². The SMILES string of the molecule is CC(C)c1cc(CO)cc(N2CCc3sccc3C2)n1. The van der Waals surface area contributed by atoms with Crippen LogP contribution in [0.4, 0.5) is 5.82 Å². The van der Waals surface area contributed by atoms with Crippen molar-refractivity contribution in [2.24, 2.45) is 0 Å². The van der Waals surface area contributed by atoms with Gasteiger partial charge in [0.1, 0.15) is 5.82 Å². The Labute approximate surface area is 123 Å². The first kappa shape index (κ1) is 13.6. The third-order valence-corrected chi connectivity index (χ3v) is 4.82. The molecule has 0 unspecified atom stereocenters. The molecule has 3 heterocycles. The van der Waals surface area contributed by atoms with Crippen molar-refractivity contribution in [3.8, 4) is 0 Å². The first-order valence-corrected chi connectivity index (χ1v) is 7.97. The maximum absolute atomic E-state index is 9.45. The summed E-state index contributed by atoms with van der Waals surface area (Å²) in [6, 6.07) is 6.24. The molecular weight excluding hydrogens is 268 g/mol. The van der Waals surface area contributed by atoms with E-state index in [1.54, 1.807) is 0 Å². The van der Waals surface area contributed by atoms with Gasteiger partial charge in [0.05, 0.1) is 6.61 Å². The second-order valence-corrected chi connectivity index (χ2v) is 6.61. The van der Waals surface area contributed by atoms with Crippen LogP contribution in [0.15, 0.2) is 23.6 Å². The molecule has 0 saturated carbocycles. The number of aliphatic hydroxyl groups is 1. The summed E-state index contributed by atoms with van der Waals surface area (Å²) >= 11 is 1.85. The van der Waals surface area contributed by atoms with E-state index in [4.69, 9.17) is 4.98 Å². The van der Waals surface area contributed by atoms with Gasteiger partial charge in [0, 0.05) is 23.7 Å². The lowest BCUT2D eigenvalue weighted by Gasteiger charge is -2.29. The minimum atomic E-state index is 0.0762. The molecular formula is C16H20N2OS. The number of hydrogen-bond acceptors (Lipinski definition) is 4. The molecule has 20 heavy (non-hydrogen) atoms. The number of aliphatic hydroxyl groups excluding tert-OH is 1. The fourth-order valence-corrected chi connectivity index (χ4v) is 3.48. The van der Waals surface area contributed by atoms with Gasteiger partial charge in [0.2, 0.25) is 0 Å². The van der Waals surface area contributed by atoms with E-state index in [9.17, 15) is 5.11 Å². The average molecular weight is 288 g/mol. The Kier molecular flexibility index (Phi) is 3.76. The molecule has 1 N–H and O–H groups in total. The van der Waals surface area contributed by atoms with Gasteiger partial charge < -0.3 is 10.0 Å². The lowest BCUT2D eigenvalue weighted by atomic mass is 10.1. The lowest BCUT2D eigenvalue weighted by molar-refractivity contribution is 0.281. The van der Waals surface area contributed by atoms with E-state index in [-0.39, 0.29) is 6.61 Å². The van der Waals surface area contributed by atoms with E-state index in [1.165, 1.54) is 10.4 Å². The topological polar surface area (TPSA) is 36.4 Å². The van der Waals surface area contributed by atoms with Gasteiger partial charge in [-0.15, -0.1) is 11.3 Å². The number of pyridine rings is 1. The highest BCUT2D eigenvalue weighted by atomic mass is 32.1. The first-order chi connectivity index (χ1) is 9.67. The van der Waals surface area contributed by atoms with Crippen LogP contribution < -0.4 is 4.90 Å². The fraction of sp³-hybridized carbons (Fsp3) is 0.438. The molecule has 1 aliphatic rings. The Morgan fingerprint density at radius 2 is 2.25 bits per heavy atom. The monoisotopic (exact) mass is 288 g/mol. The van der Waals surface area contributed by atoms with Crippen LogP contribution in [0.5, 0.6) is 0 Å². The van der Waals surface area contributed by atoms with Gasteiger partial charge in [-0.3, -0.25) is 0 Å². The maximum atomic E-state index is 9.45. The molecule has 0 radical (unpaired) electrons. The van der Waals surface area contributed by atoms with E-state index in [0.717, 1.165) is 36.6 Å². The normalized spacial score (nSPS) is 14.7. The van der Waals surface area contributed by atoms with Crippen LogP contribution in [0.1, 0.15) is 41.5 Å². The Bertz CT molecular complexity index is 606. The van der Waals surface area contributed by atoms with Crippen molar-refractivity contribution < 1.29 is 5.11 Å². The Morgan fingerprint density at radius 1 is 1.40 bits per heavy atom. The van der Waals surface area contributed by atoms with Crippen molar-refractivity contribution in [3.05, 3.63) is 45.3 Å². The molecule has 0 fully saturated rings. The molecule has 0 amide bonds. The zero-order valence-electron chi connectivity index (χ0n) is 12.0. The van der Waals surface area contributed by atoms with Crippen LogP contribution in [-0.2, 0) is 19.6 Å². The molecule has 0 spiro atoms. The summed E-state index contributed by atoms with van der Waals surface area (Å²) < 4.78 is 0. The van der Waals surface area contributed by atoms with E-state index < -0.39 is 0 Å². The Hall–Kier alpha value is -1.39. The van der Waals surface area contributed by atoms with E-state index in [0.29, 0.717) is 5.92 Å². The van der Waals surface area contributed by atoms with Crippen LogP contribution >= 0.6 is 11.3 Å². The van der Waals surface area contributed by atoms with Gasteiger partial charge >= 0.3 is 0 Å². The molecule has 2 aromatic rings. The largest absolute Gasteiger partial charge is 0.392 e. The number of rotatable bonds is 3. The number of fused-ring (bicyclic) bond motifs is 1. The quantitative estimate of drug-likeness (QED) is 0.941. The zero-order valence-corrected chi connectivity index (χ0v) is 12.8. The molecule has 1 aliphatic heterocycles. The molecule has 0 saturated heterocycles. The summed E-state index contributed by atoms with van der Waals surface area (Å²) in [5.74, 6) is 1.37. The molecule has 0 aliphatic carbocycles. The Balaban J connectivity index is 1.92. The van der Waals surface area contributed by atoms with Gasteiger partial charge in [-0.2, -0.15) is 0 Å². The molecule has 4 heteroatoms. The summed E-state index contributed by atoms with van der Waals surface area (Å²) in [5, 5.41) is 11.6. The van der Waals surface area contributed by atoms with Crippen molar-refractivity contribution in [2.45, 2.75) is 39.3 Å². The summed E-state index contributed by atoms with van der Waals surface area (Å²) in [6.07, 6.45) is 1.09. The molecule has 106 valence electrons. The van der Waals surface area contributed by atoms with Crippen molar-refractivity contribution in [3.63, 3.8) is 0 Å². The molecule has 0 aromatic carbocycles. The maximum Gasteiger partial charge on any atom is 0.129 e. The minimum Gasteiger partial charge on any atom is -0.392 e. The summed E-state index contributed by atoms with van der Waals surface area (Å²) in [6.45, 7) is 6.29. The van der Waals surface area contributed by atoms with Crippen LogP contribution in [-0.4, -0.2) is 16.6 Å². The summed E-state index contributed by atoms with van der Waals surface area (Å²) in [7, 11) is 0. The average Bonchev–Trinajstić information content (AvgIpc) is 2.94. The smallest absolute Gasteiger partial charge is 0.129 e. The van der Waals surface area contributed by atoms with Crippen LogP contribution in [0, 0.1) is 0 Å². The van der Waals surface area contributed by atoms with Crippen LogP contribution in [0.2, 0.25) is 0 Å². The standard InChI is InChI=1S/C16H20N2OS/c1-11(2)14-7-12(10-19)8-16(17-14)18-5-3-15-13(9-18)4-6-20-15/h4,6-8,11,19H,3,5,9-10H2,1-2H3. The van der Waals surface area contributed by atoms with Crippen molar-refractivity contribution in [1.29, 1.82) is 0 Å². The van der Waals surface area contributed by atoms with Crippen molar-refractivity contribution in [2.75, 3.05) is 11.4 Å². The van der Waals surface area contributed by atoms with Gasteiger partial charge in [0.25, 0.3) is 0 Å². The van der Waals surface area contributed by atoms with Gasteiger partial charge in [-0.05, 0) is 47.0 Å².